The predicted octanol–water partition coefficient (Wildman–Crippen LogP) is 5.18. The summed E-state index contributed by atoms with van der Waals surface area (Å²) < 4.78 is 30.5. The first-order chi connectivity index (χ1) is 18.1. The van der Waals surface area contributed by atoms with Crippen LogP contribution in [0.5, 0.6) is 5.75 Å². The van der Waals surface area contributed by atoms with E-state index in [2.05, 4.69) is 21.8 Å². The van der Waals surface area contributed by atoms with Gasteiger partial charge in [0.1, 0.15) is 23.8 Å². The summed E-state index contributed by atoms with van der Waals surface area (Å²) in [5.41, 5.74) is 1.02. The van der Waals surface area contributed by atoms with Crippen LogP contribution in [-0.4, -0.2) is 72.9 Å². The first-order valence-corrected chi connectivity index (χ1v) is 13.4. The van der Waals surface area contributed by atoms with E-state index in [1.807, 2.05) is 43.9 Å². The zero-order valence-corrected chi connectivity index (χ0v) is 22.8. The number of nitrogens with zero attached hydrogens (tertiary/aromatic N) is 2. The second-order valence-electron chi connectivity index (χ2n) is 11.1. The molecule has 2 fully saturated rings. The Kier molecular flexibility index (Phi) is 8.92. The Morgan fingerprint density at radius 2 is 1.79 bits per heavy atom. The van der Waals surface area contributed by atoms with Gasteiger partial charge in [-0.1, -0.05) is 36.4 Å². The van der Waals surface area contributed by atoms with Gasteiger partial charge < -0.3 is 19.1 Å². The lowest BCUT2D eigenvalue weighted by atomic mass is 10.0. The summed E-state index contributed by atoms with van der Waals surface area (Å²) in [4.78, 5) is 29.0. The minimum Gasteiger partial charge on any atom is -0.492 e. The highest BCUT2D eigenvalue weighted by molar-refractivity contribution is 5.72. The van der Waals surface area contributed by atoms with Crippen molar-refractivity contribution in [3.8, 4) is 5.75 Å². The maximum Gasteiger partial charge on any atom is 0.410 e. The van der Waals surface area contributed by atoms with Crippen molar-refractivity contribution in [1.82, 2.24) is 9.80 Å². The molecule has 2 aromatic rings. The molecule has 38 heavy (non-hydrogen) atoms. The summed E-state index contributed by atoms with van der Waals surface area (Å²) in [6, 6.07) is 15.2. The highest BCUT2D eigenvalue weighted by atomic mass is 19.1. The van der Waals surface area contributed by atoms with Gasteiger partial charge in [-0.3, -0.25) is 9.69 Å². The molecular weight excluding hydrogens is 487 g/mol. The molecule has 1 heterocycles. The number of amides is 1. The molecular formula is C30H39FN2O5. The largest absolute Gasteiger partial charge is 0.492 e. The summed E-state index contributed by atoms with van der Waals surface area (Å²) in [6.07, 6.45) is 2.37. The van der Waals surface area contributed by atoms with Crippen molar-refractivity contribution >= 4 is 12.1 Å². The van der Waals surface area contributed by atoms with Crippen LogP contribution >= 0.6 is 0 Å². The average Bonchev–Trinajstić information content (AvgIpc) is 3.66. The van der Waals surface area contributed by atoms with Crippen molar-refractivity contribution in [2.45, 2.75) is 70.1 Å². The lowest BCUT2D eigenvalue weighted by Gasteiger charge is -2.39. The number of methoxy groups -OCH3 is 1. The molecule has 1 aliphatic heterocycles. The van der Waals surface area contributed by atoms with Gasteiger partial charge in [-0.05, 0) is 57.2 Å². The molecule has 0 radical (unpaired) electrons. The molecule has 206 valence electrons. The van der Waals surface area contributed by atoms with Crippen molar-refractivity contribution in [3.05, 3.63) is 65.5 Å². The number of hydrogen-bond acceptors (Lipinski definition) is 6. The molecule has 0 N–H and O–H groups in total. The first-order valence-electron chi connectivity index (χ1n) is 13.4. The quantitative estimate of drug-likeness (QED) is 0.420. The number of ether oxygens (including phenoxy) is 3. The van der Waals surface area contributed by atoms with E-state index in [1.54, 1.807) is 12.1 Å². The average molecular weight is 527 g/mol. The van der Waals surface area contributed by atoms with E-state index >= 15 is 0 Å². The second kappa shape index (κ2) is 12.2. The fourth-order valence-corrected chi connectivity index (χ4v) is 5.12. The van der Waals surface area contributed by atoms with E-state index in [4.69, 9.17) is 9.47 Å². The third-order valence-electron chi connectivity index (χ3n) is 7.16. The Labute approximate surface area is 224 Å². The van der Waals surface area contributed by atoms with Crippen molar-refractivity contribution in [2.24, 2.45) is 0 Å². The van der Waals surface area contributed by atoms with Crippen LogP contribution < -0.4 is 4.74 Å². The van der Waals surface area contributed by atoms with Crippen molar-refractivity contribution in [1.29, 1.82) is 0 Å². The van der Waals surface area contributed by atoms with E-state index in [9.17, 15) is 14.0 Å². The minimum absolute atomic E-state index is 0.106. The van der Waals surface area contributed by atoms with E-state index < -0.39 is 17.4 Å². The van der Waals surface area contributed by atoms with E-state index in [0.29, 0.717) is 24.8 Å². The number of piperidine rings is 1. The third-order valence-corrected chi connectivity index (χ3v) is 7.16. The number of benzene rings is 2. The van der Waals surface area contributed by atoms with Gasteiger partial charge in [0.05, 0.1) is 13.5 Å². The fourth-order valence-electron chi connectivity index (χ4n) is 5.12. The number of likely N-dealkylation sites (tertiary alicyclic amines) is 1. The number of carbonyl (C=O) groups excluding carboxylic acids is 2. The highest BCUT2D eigenvalue weighted by Gasteiger charge is 2.48. The molecule has 4 rings (SSSR count). The molecule has 1 aliphatic carbocycles. The van der Waals surface area contributed by atoms with Crippen LogP contribution in [0.15, 0.2) is 48.5 Å². The molecule has 8 heteroatoms. The SMILES string of the molecule is COC(=O)Cc1ccc(OCCN2CCC(N(C(=O)OC(C)(C)C)[C@@H]3C[C@H]3c3ccccc3)CC2)cc1F. The molecule has 2 aliphatic rings. The van der Waals surface area contributed by atoms with E-state index in [-0.39, 0.29) is 30.2 Å². The topological polar surface area (TPSA) is 68.3 Å². The minimum atomic E-state index is -0.540. The Morgan fingerprint density at radius 3 is 2.42 bits per heavy atom. The molecule has 2 aromatic carbocycles. The van der Waals surface area contributed by atoms with Gasteiger partial charge in [-0.25, -0.2) is 9.18 Å². The van der Waals surface area contributed by atoms with Gasteiger partial charge in [0.2, 0.25) is 0 Å². The summed E-state index contributed by atoms with van der Waals surface area (Å²) >= 11 is 0. The summed E-state index contributed by atoms with van der Waals surface area (Å²) in [6.45, 7) is 8.56. The molecule has 1 saturated carbocycles. The Hall–Kier alpha value is -3.13. The second-order valence-corrected chi connectivity index (χ2v) is 11.1. The summed E-state index contributed by atoms with van der Waals surface area (Å²) in [7, 11) is 1.28. The van der Waals surface area contributed by atoms with Crippen molar-refractivity contribution in [2.75, 3.05) is 33.4 Å². The van der Waals surface area contributed by atoms with Crippen LogP contribution in [0.25, 0.3) is 0 Å². The van der Waals surface area contributed by atoms with Crippen LogP contribution in [0.4, 0.5) is 9.18 Å². The van der Waals surface area contributed by atoms with Gasteiger partial charge in [-0.15, -0.1) is 0 Å². The predicted molar refractivity (Wildman–Crippen MR) is 143 cm³/mol. The first kappa shape index (κ1) is 27.9. The Balaban J connectivity index is 1.29. The number of carbonyl (C=O) groups is 2. The Bertz CT molecular complexity index is 1100. The zero-order valence-electron chi connectivity index (χ0n) is 22.8. The molecule has 0 spiro atoms. The number of rotatable bonds is 9. The van der Waals surface area contributed by atoms with Crippen molar-refractivity contribution < 1.29 is 28.2 Å². The molecule has 2 atom stereocenters. The van der Waals surface area contributed by atoms with Crippen molar-refractivity contribution in [3.63, 3.8) is 0 Å². The zero-order chi connectivity index (χ0) is 27.3. The van der Waals surface area contributed by atoms with E-state index in [0.717, 1.165) is 32.4 Å². The van der Waals surface area contributed by atoms with Gasteiger partial charge >= 0.3 is 12.1 Å². The maximum absolute atomic E-state index is 14.3. The normalized spacial score (nSPS) is 20.0. The molecule has 0 aromatic heterocycles. The van der Waals surface area contributed by atoms with Crippen LogP contribution in [0.2, 0.25) is 0 Å². The molecule has 1 saturated heterocycles. The third kappa shape index (κ3) is 7.47. The van der Waals surface area contributed by atoms with Gasteiger partial charge in [0, 0.05) is 43.7 Å². The lowest BCUT2D eigenvalue weighted by molar-refractivity contribution is -0.139. The maximum atomic E-state index is 14.3. The smallest absolute Gasteiger partial charge is 0.410 e. The lowest BCUT2D eigenvalue weighted by Crippen LogP contribution is -2.50. The number of halogens is 1. The summed E-state index contributed by atoms with van der Waals surface area (Å²) in [5, 5.41) is 0. The van der Waals surface area contributed by atoms with Crippen LogP contribution in [0, 0.1) is 5.82 Å². The Morgan fingerprint density at radius 1 is 1.08 bits per heavy atom. The molecule has 0 unspecified atom stereocenters. The van der Waals surface area contributed by atoms with Crippen LogP contribution in [0.3, 0.4) is 0 Å². The molecule has 0 bridgehead atoms. The molecule has 7 nitrogen and oxygen atoms in total. The number of esters is 1. The van der Waals surface area contributed by atoms with Crippen LogP contribution in [0.1, 0.15) is 57.1 Å². The van der Waals surface area contributed by atoms with Crippen LogP contribution in [-0.2, 0) is 20.7 Å². The monoisotopic (exact) mass is 526 g/mol. The van der Waals surface area contributed by atoms with Gasteiger partial charge in [0.15, 0.2) is 0 Å². The summed E-state index contributed by atoms with van der Waals surface area (Å²) in [5.74, 6) is -0.175. The molecule has 1 amide bonds. The standard InChI is InChI=1S/C30H39FN2O5/c1-30(2,3)38-29(35)33(27-20-25(27)21-8-6-5-7-9-21)23-12-14-32(15-13-23)16-17-37-24-11-10-22(26(31)19-24)18-28(34)36-4/h5-11,19,23,25,27H,12-18,20H2,1-4H3/t25-,27+/m0/s1. The number of hydrogen-bond donors (Lipinski definition) is 0. The van der Waals surface area contributed by atoms with E-state index in [1.165, 1.54) is 18.7 Å². The van der Waals surface area contributed by atoms with Gasteiger partial charge in [0.25, 0.3) is 0 Å². The van der Waals surface area contributed by atoms with Gasteiger partial charge in [-0.2, -0.15) is 0 Å². The fraction of sp³-hybridized carbons (Fsp3) is 0.533. The highest BCUT2D eigenvalue weighted by Crippen LogP contribution is 2.46.